The van der Waals surface area contributed by atoms with E-state index < -0.39 is 0 Å². The van der Waals surface area contributed by atoms with Crippen LogP contribution in [0.3, 0.4) is 0 Å². The van der Waals surface area contributed by atoms with E-state index in [1.54, 1.807) is 0 Å². The van der Waals surface area contributed by atoms with Crippen LogP contribution >= 0.6 is 0 Å². The first-order valence-corrected chi connectivity index (χ1v) is 8.75. The third-order valence-electron chi connectivity index (χ3n) is 5.49. The second kappa shape index (κ2) is 6.67. The van der Waals surface area contributed by atoms with Crippen molar-refractivity contribution in [3.8, 4) is 0 Å². The van der Waals surface area contributed by atoms with E-state index >= 15 is 0 Å². The van der Waals surface area contributed by atoms with Crippen LogP contribution in [0.25, 0.3) is 0 Å². The molecule has 3 aliphatic heterocycles. The Morgan fingerprint density at radius 2 is 1.77 bits per heavy atom. The minimum absolute atomic E-state index is 0.508. The van der Waals surface area contributed by atoms with Gasteiger partial charge in [0.05, 0.1) is 19.3 Å². The molecule has 0 amide bonds. The maximum Gasteiger partial charge on any atom is 0.0638 e. The highest BCUT2D eigenvalue weighted by Gasteiger charge is 2.42. The first-order valence-electron chi connectivity index (χ1n) is 8.75. The van der Waals surface area contributed by atoms with Crippen molar-refractivity contribution in [2.45, 2.75) is 37.5 Å². The first kappa shape index (κ1) is 14.6. The molecule has 3 atom stereocenters. The van der Waals surface area contributed by atoms with Crippen molar-refractivity contribution in [1.82, 2.24) is 15.1 Å². The predicted molar refractivity (Wildman–Crippen MR) is 87.8 cm³/mol. The number of hydrogen-bond donors (Lipinski definition) is 1. The SMILES string of the molecule is c1ccc(CN2CCN[C@@H]3C(N4CCCC4)COCC32)cc1. The number of nitrogens with zero attached hydrogens (tertiary/aromatic N) is 2. The van der Waals surface area contributed by atoms with Gasteiger partial charge in [0.1, 0.15) is 0 Å². The van der Waals surface area contributed by atoms with Crippen molar-refractivity contribution >= 4 is 0 Å². The molecule has 120 valence electrons. The Morgan fingerprint density at radius 1 is 1.00 bits per heavy atom. The summed E-state index contributed by atoms with van der Waals surface area (Å²) in [4.78, 5) is 5.27. The lowest BCUT2D eigenvalue weighted by atomic mass is 9.93. The Morgan fingerprint density at radius 3 is 2.59 bits per heavy atom. The number of nitrogens with one attached hydrogen (secondary N) is 1. The highest BCUT2D eigenvalue weighted by atomic mass is 16.5. The first-order chi connectivity index (χ1) is 10.9. The van der Waals surface area contributed by atoms with Crippen LogP contribution in [-0.4, -0.2) is 67.3 Å². The highest BCUT2D eigenvalue weighted by molar-refractivity contribution is 5.15. The summed E-state index contributed by atoms with van der Waals surface area (Å²) in [5.41, 5.74) is 1.41. The Bertz CT molecular complexity index is 474. The lowest BCUT2D eigenvalue weighted by Crippen LogP contribution is -2.69. The fraction of sp³-hybridized carbons (Fsp3) is 0.667. The van der Waals surface area contributed by atoms with Crippen LogP contribution < -0.4 is 5.32 Å². The third kappa shape index (κ3) is 2.93. The van der Waals surface area contributed by atoms with E-state index in [1.807, 2.05) is 0 Å². The third-order valence-corrected chi connectivity index (χ3v) is 5.49. The normalized spacial score (nSPS) is 33.7. The number of benzene rings is 1. The molecule has 0 bridgehead atoms. The zero-order valence-corrected chi connectivity index (χ0v) is 13.3. The summed E-state index contributed by atoms with van der Waals surface area (Å²) in [5, 5.41) is 3.80. The molecule has 0 saturated carbocycles. The summed E-state index contributed by atoms with van der Waals surface area (Å²) in [6.07, 6.45) is 2.70. The molecule has 4 heteroatoms. The summed E-state index contributed by atoms with van der Waals surface area (Å²) in [6.45, 7) is 7.52. The van der Waals surface area contributed by atoms with Gasteiger partial charge in [0.15, 0.2) is 0 Å². The molecule has 3 aliphatic rings. The monoisotopic (exact) mass is 301 g/mol. The van der Waals surface area contributed by atoms with E-state index in [-0.39, 0.29) is 0 Å². The van der Waals surface area contributed by atoms with Gasteiger partial charge in [-0.2, -0.15) is 0 Å². The summed E-state index contributed by atoms with van der Waals surface area (Å²) < 4.78 is 6.01. The highest BCUT2D eigenvalue weighted by Crippen LogP contribution is 2.25. The predicted octanol–water partition coefficient (Wildman–Crippen LogP) is 1.32. The molecule has 1 aromatic carbocycles. The molecule has 0 spiro atoms. The molecule has 4 rings (SSSR count). The molecule has 3 fully saturated rings. The second-order valence-electron chi connectivity index (χ2n) is 6.85. The van der Waals surface area contributed by atoms with Crippen LogP contribution in [0.5, 0.6) is 0 Å². The van der Waals surface area contributed by atoms with Gasteiger partial charge in [0, 0.05) is 31.7 Å². The standard InChI is InChI=1S/C18H27N3O/c1-2-6-15(7-3-1)12-21-11-8-19-18-16(13-22-14-17(18)21)20-9-4-5-10-20/h1-3,6-7,16-19H,4-5,8-14H2/t16?,17?,18-/m1/s1. The van der Waals surface area contributed by atoms with E-state index in [2.05, 4.69) is 45.4 Å². The molecule has 0 radical (unpaired) electrons. The molecule has 3 saturated heterocycles. The number of ether oxygens (including phenoxy) is 1. The fourth-order valence-electron chi connectivity index (χ4n) is 4.34. The zero-order valence-electron chi connectivity index (χ0n) is 13.3. The Labute approximate surface area is 133 Å². The van der Waals surface area contributed by atoms with Crippen molar-refractivity contribution < 1.29 is 4.74 Å². The Balaban J connectivity index is 1.48. The fourth-order valence-corrected chi connectivity index (χ4v) is 4.34. The molecule has 0 aliphatic carbocycles. The molecule has 2 unspecified atom stereocenters. The van der Waals surface area contributed by atoms with Crippen molar-refractivity contribution in [3.05, 3.63) is 35.9 Å². The molecule has 4 nitrogen and oxygen atoms in total. The second-order valence-corrected chi connectivity index (χ2v) is 6.85. The summed E-state index contributed by atoms with van der Waals surface area (Å²) in [7, 11) is 0. The summed E-state index contributed by atoms with van der Waals surface area (Å²) in [5.74, 6) is 0. The zero-order chi connectivity index (χ0) is 14.8. The van der Waals surface area contributed by atoms with Gasteiger partial charge < -0.3 is 10.1 Å². The van der Waals surface area contributed by atoms with Gasteiger partial charge in [-0.1, -0.05) is 30.3 Å². The topological polar surface area (TPSA) is 27.7 Å². The number of piperazine rings is 1. The minimum Gasteiger partial charge on any atom is -0.378 e. The lowest BCUT2D eigenvalue weighted by molar-refractivity contribution is -0.0682. The Hall–Kier alpha value is -0.940. The van der Waals surface area contributed by atoms with Crippen LogP contribution in [0.4, 0.5) is 0 Å². The molecule has 3 heterocycles. The molecule has 0 aromatic heterocycles. The maximum absolute atomic E-state index is 6.01. The average molecular weight is 301 g/mol. The van der Waals surface area contributed by atoms with E-state index in [1.165, 1.54) is 31.5 Å². The molecular formula is C18H27N3O. The molecule has 1 N–H and O–H groups in total. The van der Waals surface area contributed by atoms with Crippen LogP contribution in [0.2, 0.25) is 0 Å². The van der Waals surface area contributed by atoms with Gasteiger partial charge in [-0.3, -0.25) is 9.80 Å². The molecule has 22 heavy (non-hydrogen) atoms. The smallest absolute Gasteiger partial charge is 0.0638 e. The van der Waals surface area contributed by atoms with Gasteiger partial charge in [0.25, 0.3) is 0 Å². The number of fused-ring (bicyclic) bond motifs is 1. The van der Waals surface area contributed by atoms with Crippen LogP contribution in [0.1, 0.15) is 18.4 Å². The number of rotatable bonds is 3. The van der Waals surface area contributed by atoms with Crippen LogP contribution in [0.15, 0.2) is 30.3 Å². The van der Waals surface area contributed by atoms with Gasteiger partial charge in [0.2, 0.25) is 0 Å². The van der Waals surface area contributed by atoms with Crippen molar-refractivity contribution in [2.75, 3.05) is 39.4 Å². The van der Waals surface area contributed by atoms with E-state index in [0.29, 0.717) is 18.1 Å². The quantitative estimate of drug-likeness (QED) is 0.911. The summed E-state index contributed by atoms with van der Waals surface area (Å²) >= 11 is 0. The van der Waals surface area contributed by atoms with E-state index in [4.69, 9.17) is 4.74 Å². The van der Waals surface area contributed by atoms with Crippen LogP contribution in [0, 0.1) is 0 Å². The van der Waals surface area contributed by atoms with E-state index in [0.717, 1.165) is 32.8 Å². The van der Waals surface area contributed by atoms with Crippen molar-refractivity contribution in [2.24, 2.45) is 0 Å². The van der Waals surface area contributed by atoms with Crippen molar-refractivity contribution in [3.63, 3.8) is 0 Å². The van der Waals surface area contributed by atoms with Crippen molar-refractivity contribution in [1.29, 1.82) is 0 Å². The minimum atomic E-state index is 0.508. The van der Waals surface area contributed by atoms with Gasteiger partial charge in [-0.05, 0) is 31.5 Å². The van der Waals surface area contributed by atoms with Gasteiger partial charge >= 0.3 is 0 Å². The maximum atomic E-state index is 6.01. The molecule has 1 aromatic rings. The average Bonchev–Trinajstić information content (AvgIpc) is 3.10. The number of hydrogen-bond acceptors (Lipinski definition) is 4. The Kier molecular flexibility index (Phi) is 4.44. The van der Waals surface area contributed by atoms with Gasteiger partial charge in [-0.25, -0.2) is 0 Å². The number of likely N-dealkylation sites (tertiary alicyclic amines) is 1. The van der Waals surface area contributed by atoms with Gasteiger partial charge in [-0.15, -0.1) is 0 Å². The largest absolute Gasteiger partial charge is 0.378 e. The van der Waals surface area contributed by atoms with E-state index in [9.17, 15) is 0 Å². The lowest BCUT2D eigenvalue weighted by Gasteiger charge is -2.50. The summed E-state index contributed by atoms with van der Waals surface area (Å²) in [6, 6.07) is 12.5. The molecular weight excluding hydrogens is 274 g/mol. The van der Waals surface area contributed by atoms with Crippen LogP contribution in [-0.2, 0) is 11.3 Å².